The fraction of sp³-hybridized carbons (Fsp3) is 0.875. The van der Waals surface area contributed by atoms with Gasteiger partial charge in [-0.15, -0.1) is 0 Å². The van der Waals surface area contributed by atoms with Crippen molar-refractivity contribution >= 4 is 11.7 Å². The molecule has 5 nitrogen and oxygen atoms in total. The molecule has 2 rings (SSSR count). The van der Waals surface area contributed by atoms with Crippen molar-refractivity contribution in [1.29, 1.82) is 0 Å². The highest BCUT2D eigenvalue weighted by molar-refractivity contribution is 5.87. The van der Waals surface area contributed by atoms with Gasteiger partial charge < -0.3 is 0 Å². The number of likely N-dealkylation sites (tertiary alicyclic amines) is 1. The summed E-state index contributed by atoms with van der Waals surface area (Å²) in [5.74, 6) is 5.84. The Labute approximate surface area is 127 Å². The van der Waals surface area contributed by atoms with E-state index in [-0.39, 0.29) is 23.5 Å². The van der Waals surface area contributed by atoms with Crippen LogP contribution in [0.25, 0.3) is 0 Å². The number of rotatable bonds is 5. The molecule has 2 fully saturated rings. The third kappa shape index (κ3) is 3.83. The molecule has 0 aromatic rings. The topological polar surface area (TPSA) is 66.6 Å². The van der Waals surface area contributed by atoms with Crippen molar-refractivity contribution in [3.05, 3.63) is 0 Å². The number of nitrogens with two attached hydrogens (primary N) is 1. The molecule has 1 amide bonds. The van der Waals surface area contributed by atoms with Crippen LogP contribution in [0.15, 0.2) is 0 Å². The number of amides is 1. The molecule has 0 radical (unpaired) electrons. The minimum absolute atomic E-state index is 0.0298. The van der Waals surface area contributed by atoms with Crippen LogP contribution in [0, 0.1) is 11.8 Å². The van der Waals surface area contributed by atoms with Gasteiger partial charge in [-0.3, -0.25) is 19.5 Å². The lowest BCUT2D eigenvalue weighted by Crippen LogP contribution is -2.50. The summed E-state index contributed by atoms with van der Waals surface area (Å²) in [7, 11) is 0. The van der Waals surface area contributed by atoms with Gasteiger partial charge in [0.1, 0.15) is 5.78 Å². The SMILES string of the molecule is CCN1CCC[C@@H]1CN(N)C(=O)[C@@H]1CCCC[C@@H]1C(C)=O. The molecule has 1 saturated heterocycles. The summed E-state index contributed by atoms with van der Waals surface area (Å²) < 4.78 is 0. The third-order valence-corrected chi connectivity index (χ3v) is 5.20. The Morgan fingerprint density at radius 2 is 1.81 bits per heavy atom. The summed E-state index contributed by atoms with van der Waals surface area (Å²) in [6.07, 6.45) is 6.00. The molecule has 3 atom stereocenters. The highest BCUT2D eigenvalue weighted by atomic mass is 16.2. The van der Waals surface area contributed by atoms with Crippen molar-refractivity contribution in [2.24, 2.45) is 17.7 Å². The van der Waals surface area contributed by atoms with E-state index in [0.29, 0.717) is 12.6 Å². The number of likely N-dealkylation sites (N-methyl/N-ethyl adjacent to an activating group) is 1. The monoisotopic (exact) mass is 295 g/mol. The zero-order valence-corrected chi connectivity index (χ0v) is 13.4. The molecule has 1 aliphatic carbocycles. The van der Waals surface area contributed by atoms with Crippen LogP contribution in [0.1, 0.15) is 52.4 Å². The fourth-order valence-electron chi connectivity index (χ4n) is 3.96. The maximum Gasteiger partial charge on any atom is 0.240 e. The van der Waals surface area contributed by atoms with Gasteiger partial charge in [0, 0.05) is 17.9 Å². The second kappa shape index (κ2) is 7.36. The van der Waals surface area contributed by atoms with Gasteiger partial charge in [0.15, 0.2) is 0 Å². The Hall–Kier alpha value is -0.940. The van der Waals surface area contributed by atoms with Crippen molar-refractivity contribution in [2.75, 3.05) is 19.6 Å². The predicted octanol–water partition coefficient (Wildman–Crippen LogP) is 1.57. The summed E-state index contributed by atoms with van der Waals surface area (Å²) in [6, 6.07) is 0.378. The highest BCUT2D eigenvalue weighted by Gasteiger charge is 2.36. The number of carbonyl (C=O) groups excluding carboxylic acids is 2. The van der Waals surface area contributed by atoms with Crippen LogP contribution < -0.4 is 5.84 Å². The van der Waals surface area contributed by atoms with E-state index < -0.39 is 0 Å². The molecule has 2 aliphatic rings. The maximum absolute atomic E-state index is 12.6. The van der Waals surface area contributed by atoms with E-state index >= 15 is 0 Å². The number of hydrogen-bond donors (Lipinski definition) is 1. The molecule has 0 aromatic carbocycles. The highest BCUT2D eigenvalue weighted by Crippen LogP contribution is 2.32. The quantitative estimate of drug-likeness (QED) is 0.475. The van der Waals surface area contributed by atoms with Crippen molar-refractivity contribution in [2.45, 2.75) is 58.4 Å². The van der Waals surface area contributed by atoms with Crippen molar-refractivity contribution < 1.29 is 9.59 Å². The standard InChI is InChI=1S/C16H29N3O2/c1-3-18-10-6-7-13(18)11-19(17)16(21)15-9-5-4-8-14(15)12(2)20/h13-15H,3-11,17H2,1-2H3/t13-,14-,15-/m1/s1. The number of hydrazine groups is 1. The van der Waals surface area contributed by atoms with Gasteiger partial charge in [-0.1, -0.05) is 19.8 Å². The summed E-state index contributed by atoms with van der Waals surface area (Å²) in [4.78, 5) is 26.8. The van der Waals surface area contributed by atoms with Crippen molar-refractivity contribution in [1.82, 2.24) is 9.91 Å². The summed E-state index contributed by atoms with van der Waals surface area (Å²) in [6.45, 7) is 6.45. The zero-order valence-electron chi connectivity index (χ0n) is 13.4. The molecule has 0 spiro atoms. The van der Waals surface area contributed by atoms with Crippen molar-refractivity contribution in [3.8, 4) is 0 Å². The minimum atomic E-state index is -0.197. The number of ketones is 1. The smallest absolute Gasteiger partial charge is 0.240 e. The summed E-state index contributed by atoms with van der Waals surface area (Å²) in [5, 5.41) is 1.39. The predicted molar refractivity (Wildman–Crippen MR) is 82.3 cm³/mol. The third-order valence-electron chi connectivity index (χ3n) is 5.20. The molecule has 0 unspecified atom stereocenters. The summed E-state index contributed by atoms with van der Waals surface area (Å²) >= 11 is 0. The van der Waals surface area contributed by atoms with Crippen LogP contribution in [-0.4, -0.2) is 47.3 Å². The first-order valence-corrected chi connectivity index (χ1v) is 8.35. The normalized spacial score (nSPS) is 30.3. The number of nitrogens with zero attached hydrogens (tertiary/aromatic N) is 2. The molecule has 1 saturated carbocycles. The second-order valence-electron chi connectivity index (χ2n) is 6.52. The first kappa shape index (κ1) is 16.4. The first-order chi connectivity index (χ1) is 10.0. The second-order valence-corrected chi connectivity index (χ2v) is 6.52. The molecule has 0 aromatic heterocycles. The van der Waals surface area contributed by atoms with Crippen LogP contribution in [0.4, 0.5) is 0 Å². The lowest BCUT2D eigenvalue weighted by atomic mass is 9.76. The van der Waals surface area contributed by atoms with E-state index in [0.717, 1.165) is 45.2 Å². The van der Waals surface area contributed by atoms with Gasteiger partial charge in [-0.25, -0.2) is 5.84 Å². The molecule has 5 heteroatoms. The molecule has 1 aliphatic heterocycles. The lowest BCUT2D eigenvalue weighted by Gasteiger charge is -2.33. The van der Waals surface area contributed by atoms with E-state index in [9.17, 15) is 9.59 Å². The van der Waals surface area contributed by atoms with Crippen LogP contribution >= 0.6 is 0 Å². The largest absolute Gasteiger partial charge is 0.300 e. The molecular formula is C16H29N3O2. The average Bonchev–Trinajstić information content (AvgIpc) is 2.93. The van der Waals surface area contributed by atoms with Gasteiger partial charge in [0.25, 0.3) is 0 Å². The summed E-state index contributed by atoms with van der Waals surface area (Å²) in [5.41, 5.74) is 0. The van der Waals surface area contributed by atoms with E-state index in [1.54, 1.807) is 6.92 Å². The Kier molecular flexibility index (Phi) is 5.76. The van der Waals surface area contributed by atoms with Crippen molar-refractivity contribution in [3.63, 3.8) is 0 Å². The Morgan fingerprint density at radius 1 is 1.14 bits per heavy atom. The van der Waals surface area contributed by atoms with Crippen LogP contribution in [0.2, 0.25) is 0 Å². The van der Waals surface area contributed by atoms with E-state index in [1.165, 1.54) is 11.4 Å². The number of Topliss-reactive ketones (excluding diaryl/α,β-unsaturated/α-hetero) is 1. The van der Waals surface area contributed by atoms with E-state index in [4.69, 9.17) is 5.84 Å². The molecular weight excluding hydrogens is 266 g/mol. The van der Waals surface area contributed by atoms with Gasteiger partial charge >= 0.3 is 0 Å². The molecule has 21 heavy (non-hydrogen) atoms. The maximum atomic E-state index is 12.6. The molecule has 1 heterocycles. The van der Waals surface area contributed by atoms with Gasteiger partial charge in [-0.2, -0.15) is 0 Å². The van der Waals surface area contributed by atoms with Crippen LogP contribution in [0.3, 0.4) is 0 Å². The molecule has 2 N–H and O–H groups in total. The Morgan fingerprint density at radius 3 is 2.43 bits per heavy atom. The van der Waals surface area contributed by atoms with E-state index in [1.807, 2.05) is 0 Å². The first-order valence-electron chi connectivity index (χ1n) is 8.35. The van der Waals surface area contributed by atoms with Crippen LogP contribution in [-0.2, 0) is 9.59 Å². The molecule has 120 valence electrons. The zero-order chi connectivity index (χ0) is 15.4. The fourth-order valence-corrected chi connectivity index (χ4v) is 3.96. The van der Waals surface area contributed by atoms with Crippen LogP contribution in [0.5, 0.6) is 0 Å². The molecule has 0 bridgehead atoms. The van der Waals surface area contributed by atoms with Gasteiger partial charge in [-0.05, 0) is 45.7 Å². The Balaban J connectivity index is 1.95. The number of hydrogen-bond acceptors (Lipinski definition) is 4. The van der Waals surface area contributed by atoms with E-state index in [2.05, 4.69) is 11.8 Å². The van der Waals surface area contributed by atoms with Gasteiger partial charge in [0.05, 0.1) is 6.54 Å². The lowest BCUT2D eigenvalue weighted by molar-refractivity contribution is -0.143. The number of carbonyl (C=O) groups is 2. The minimum Gasteiger partial charge on any atom is -0.300 e. The average molecular weight is 295 g/mol. The Bertz CT molecular complexity index is 386. The van der Waals surface area contributed by atoms with Gasteiger partial charge in [0.2, 0.25) is 5.91 Å².